The molecule has 8 nitrogen and oxygen atoms in total. The number of aliphatic hydroxyl groups excluding tert-OH is 1. The van der Waals surface area contributed by atoms with E-state index in [1.54, 1.807) is 13.3 Å². The zero-order chi connectivity index (χ0) is 24.0. The fourth-order valence-electron chi connectivity index (χ4n) is 4.71. The van der Waals surface area contributed by atoms with Crippen molar-refractivity contribution in [3.63, 3.8) is 0 Å². The summed E-state index contributed by atoms with van der Waals surface area (Å²) in [6.45, 7) is 0.833. The van der Waals surface area contributed by atoms with Gasteiger partial charge in [-0.2, -0.15) is 0 Å². The van der Waals surface area contributed by atoms with E-state index in [0.717, 1.165) is 21.8 Å². The first-order valence-electron chi connectivity index (χ1n) is 11.0. The molecule has 0 spiro atoms. The number of H-pyrrole nitrogens is 1. The molecule has 174 valence electrons. The van der Waals surface area contributed by atoms with Gasteiger partial charge >= 0.3 is 0 Å². The van der Waals surface area contributed by atoms with Crippen molar-refractivity contribution >= 4 is 44.8 Å². The first-order chi connectivity index (χ1) is 16.4. The van der Waals surface area contributed by atoms with Gasteiger partial charge in [0.05, 0.1) is 24.4 Å². The van der Waals surface area contributed by atoms with Crippen molar-refractivity contribution in [2.75, 3.05) is 27.7 Å². The molecule has 0 saturated heterocycles. The van der Waals surface area contributed by atoms with Gasteiger partial charge in [-0.3, -0.25) is 14.9 Å². The molecule has 1 atom stereocenters. The van der Waals surface area contributed by atoms with Crippen LogP contribution in [0.25, 0.3) is 33.0 Å². The van der Waals surface area contributed by atoms with Crippen molar-refractivity contribution in [2.45, 2.75) is 12.6 Å². The molecule has 0 radical (unpaired) electrons. The minimum absolute atomic E-state index is 0.314. The number of nitrogens with zero attached hydrogens (tertiary/aromatic N) is 2. The number of carbonyl (C=O) groups is 2. The quantitative estimate of drug-likeness (QED) is 0.370. The van der Waals surface area contributed by atoms with Crippen LogP contribution in [0.1, 0.15) is 11.1 Å². The van der Waals surface area contributed by atoms with Crippen LogP contribution < -0.4 is 10.1 Å². The first kappa shape index (κ1) is 21.9. The summed E-state index contributed by atoms with van der Waals surface area (Å²) in [5.74, 6) is -0.235. The lowest BCUT2D eigenvalue weighted by Gasteiger charge is -2.17. The molecule has 1 aliphatic heterocycles. The lowest BCUT2D eigenvalue weighted by Crippen LogP contribution is -2.29. The Hall–Kier alpha value is -3.88. The zero-order valence-corrected chi connectivity index (χ0v) is 19.3. The largest absolute Gasteiger partial charge is 0.497 e. The summed E-state index contributed by atoms with van der Waals surface area (Å²) in [7, 11) is 5.39. The normalized spacial score (nSPS) is 15.1. The van der Waals surface area contributed by atoms with Gasteiger partial charge in [0.2, 0.25) is 0 Å². The van der Waals surface area contributed by atoms with Gasteiger partial charge in [-0.15, -0.1) is 0 Å². The Balaban J connectivity index is 1.74. The van der Waals surface area contributed by atoms with Crippen LogP contribution in [0.2, 0.25) is 0 Å². The molecule has 5 rings (SSSR count). The van der Waals surface area contributed by atoms with Crippen LogP contribution >= 0.6 is 0 Å². The lowest BCUT2D eigenvalue weighted by molar-refractivity contribution is -0.122. The summed E-state index contributed by atoms with van der Waals surface area (Å²) in [6.07, 6.45) is 2.99. The van der Waals surface area contributed by atoms with Crippen molar-refractivity contribution in [3.8, 4) is 5.75 Å². The predicted molar refractivity (Wildman–Crippen MR) is 131 cm³/mol. The third-order valence-corrected chi connectivity index (χ3v) is 6.13. The van der Waals surface area contributed by atoms with Gasteiger partial charge in [0.15, 0.2) is 0 Å². The number of para-hydroxylation sites is 1. The highest BCUT2D eigenvalue weighted by atomic mass is 16.5. The Bertz CT molecular complexity index is 1460. The molecule has 2 aromatic heterocycles. The molecule has 4 aromatic rings. The van der Waals surface area contributed by atoms with Crippen LogP contribution in [-0.4, -0.2) is 65.2 Å². The summed E-state index contributed by atoms with van der Waals surface area (Å²) in [5.41, 5.74) is 3.66. The topological polar surface area (TPSA) is 99.6 Å². The van der Waals surface area contributed by atoms with Crippen LogP contribution in [0.15, 0.2) is 54.9 Å². The molecule has 2 amide bonds. The number of benzene rings is 2. The molecular formula is C26H26N4O4. The third-order valence-electron chi connectivity index (χ3n) is 6.13. The maximum atomic E-state index is 13.1. The number of rotatable bonds is 7. The lowest BCUT2D eigenvalue weighted by atomic mass is 9.95. The smallest absolute Gasteiger partial charge is 0.259 e. The number of amides is 2. The SMILES string of the molecule is COc1ccc2c(c1)c(C1=C(c3c[nH]c4ccccc34)C(=O)NC1=O)cn2CC(O)CN(C)C. The summed E-state index contributed by atoms with van der Waals surface area (Å²) >= 11 is 0. The van der Waals surface area contributed by atoms with E-state index in [9.17, 15) is 14.7 Å². The molecule has 8 heteroatoms. The maximum Gasteiger partial charge on any atom is 0.259 e. The number of nitrogens with one attached hydrogen (secondary N) is 2. The monoisotopic (exact) mass is 458 g/mol. The molecule has 1 aliphatic rings. The van der Waals surface area contributed by atoms with E-state index in [-0.39, 0.29) is 0 Å². The summed E-state index contributed by atoms with van der Waals surface area (Å²) in [4.78, 5) is 31.2. The van der Waals surface area contributed by atoms with Gasteiger partial charge in [-0.25, -0.2) is 0 Å². The molecule has 0 aliphatic carbocycles. The number of fused-ring (bicyclic) bond motifs is 2. The van der Waals surface area contributed by atoms with E-state index in [1.165, 1.54) is 0 Å². The van der Waals surface area contributed by atoms with Crippen LogP contribution in [0.3, 0.4) is 0 Å². The number of likely N-dealkylation sites (N-methyl/N-ethyl adjacent to an activating group) is 1. The highest BCUT2D eigenvalue weighted by molar-refractivity contribution is 6.50. The highest BCUT2D eigenvalue weighted by Crippen LogP contribution is 2.39. The second-order valence-electron chi connectivity index (χ2n) is 8.78. The van der Waals surface area contributed by atoms with Crippen LogP contribution in [-0.2, 0) is 16.1 Å². The number of aromatic amines is 1. The Morgan fingerprint density at radius 2 is 1.76 bits per heavy atom. The van der Waals surface area contributed by atoms with E-state index in [1.807, 2.05) is 72.2 Å². The van der Waals surface area contributed by atoms with E-state index in [4.69, 9.17) is 4.74 Å². The number of ether oxygens (including phenoxy) is 1. The second-order valence-corrected chi connectivity index (χ2v) is 8.78. The van der Waals surface area contributed by atoms with Gasteiger partial charge < -0.3 is 24.3 Å². The third kappa shape index (κ3) is 3.67. The molecule has 2 aromatic carbocycles. The van der Waals surface area contributed by atoms with E-state index >= 15 is 0 Å². The van der Waals surface area contributed by atoms with Crippen molar-refractivity contribution < 1.29 is 19.4 Å². The van der Waals surface area contributed by atoms with E-state index < -0.39 is 17.9 Å². The molecule has 34 heavy (non-hydrogen) atoms. The van der Waals surface area contributed by atoms with Gasteiger partial charge in [-0.05, 0) is 38.4 Å². The number of hydrogen-bond acceptors (Lipinski definition) is 5. The number of aliphatic hydroxyl groups is 1. The molecule has 0 bridgehead atoms. The maximum absolute atomic E-state index is 13.1. The van der Waals surface area contributed by atoms with Gasteiger partial charge in [-0.1, -0.05) is 18.2 Å². The summed E-state index contributed by atoms with van der Waals surface area (Å²) in [6, 6.07) is 13.3. The Labute approximate surface area is 196 Å². The van der Waals surface area contributed by atoms with Crippen LogP contribution in [0.4, 0.5) is 0 Å². The standard InChI is InChI=1S/C26H26N4O4/c1-29(2)12-15(31)13-30-14-20(18-10-16(34-3)8-9-22(18)30)24-23(25(32)28-26(24)33)19-11-27-21-7-5-4-6-17(19)21/h4-11,14-15,27,31H,12-13H2,1-3H3,(H,28,32,33). The molecule has 1 unspecified atom stereocenters. The van der Waals surface area contributed by atoms with Crippen molar-refractivity contribution in [1.82, 2.24) is 19.8 Å². The van der Waals surface area contributed by atoms with Crippen molar-refractivity contribution in [3.05, 3.63) is 66.0 Å². The average molecular weight is 459 g/mol. The molecule has 0 fully saturated rings. The fourth-order valence-corrected chi connectivity index (χ4v) is 4.71. The summed E-state index contributed by atoms with van der Waals surface area (Å²) in [5, 5.41) is 14.7. The van der Waals surface area contributed by atoms with Crippen LogP contribution in [0.5, 0.6) is 5.75 Å². The molecule has 3 N–H and O–H groups in total. The van der Waals surface area contributed by atoms with Gasteiger partial charge in [0, 0.05) is 58.4 Å². The second kappa shape index (κ2) is 8.48. The van der Waals surface area contributed by atoms with Crippen molar-refractivity contribution in [1.29, 1.82) is 0 Å². The Morgan fingerprint density at radius 3 is 2.50 bits per heavy atom. The zero-order valence-electron chi connectivity index (χ0n) is 19.3. The minimum Gasteiger partial charge on any atom is -0.497 e. The molecular weight excluding hydrogens is 432 g/mol. The number of imide groups is 1. The fraction of sp³-hybridized carbons (Fsp3) is 0.231. The average Bonchev–Trinajstić information content (AvgIpc) is 3.45. The highest BCUT2D eigenvalue weighted by Gasteiger charge is 2.35. The van der Waals surface area contributed by atoms with Crippen LogP contribution in [0, 0.1) is 0 Å². The summed E-state index contributed by atoms with van der Waals surface area (Å²) < 4.78 is 7.36. The Kier molecular flexibility index (Phi) is 5.47. The molecule has 0 saturated carbocycles. The first-order valence-corrected chi connectivity index (χ1v) is 11.0. The van der Waals surface area contributed by atoms with Gasteiger partial charge in [0.25, 0.3) is 11.8 Å². The van der Waals surface area contributed by atoms with E-state index in [2.05, 4.69) is 10.3 Å². The number of aromatic nitrogens is 2. The minimum atomic E-state index is -0.610. The number of methoxy groups -OCH3 is 1. The number of carbonyl (C=O) groups excluding carboxylic acids is 2. The molecule has 3 heterocycles. The Morgan fingerprint density at radius 1 is 1.03 bits per heavy atom. The predicted octanol–water partition coefficient (Wildman–Crippen LogP) is 2.62. The number of hydrogen-bond donors (Lipinski definition) is 3. The van der Waals surface area contributed by atoms with Gasteiger partial charge in [0.1, 0.15) is 5.75 Å². The van der Waals surface area contributed by atoms with E-state index in [0.29, 0.717) is 41.1 Å². The van der Waals surface area contributed by atoms with Crippen molar-refractivity contribution in [2.24, 2.45) is 0 Å².